The van der Waals surface area contributed by atoms with Crippen LogP contribution in [0.3, 0.4) is 0 Å². The van der Waals surface area contributed by atoms with Crippen molar-refractivity contribution < 1.29 is 4.79 Å². The van der Waals surface area contributed by atoms with Crippen LogP contribution in [0.2, 0.25) is 0 Å². The van der Waals surface area contributed by atoms with Crippen LogP contribution in [0.15, 0.2) is 35.2 Å². The van der Waals surface area contributed by atoms with Gasteiger partial charge in [0, 0.05) is 30.6 Å². The molecule has 3 nitrogen and oxygen atoms in total. The number of carbonyl (C=O) groups is 1. The van der Waals surface area contributed by atoms with Gasteiger partial charge < -0.3 is 10.2 Å². The summed E-state index contributed by atoms with van der Waals surface area (Å²) in [7, 11) is 0. The minimum atomic E-state index is 0.243. The van der Waals surface area contributed by atoms with Gasteiger partial charge in [0.2, 0.25) is 5.91 Å². The van der Waals surface area contributed by atoms with Gasteiger partial charge in [-0.15, -0.1) is 11.8 Å². The molecule has 0 bridgehead atoms. The Morgan fingerprint density at radius 2 is 2.24 bits per heavy atom. The van der Waals surface area contributed by atoms with E-state index in [2.05, 4.69) is 12.2 Å². The third-order valence-electron chi connectivity index (χ3n) is 2.93. The molecule has 1 aliphatic heterocycles. The SMILES string of the molecule is C[C@H]1CNCCN1C(=O)CSc1ccccc1. The average molecular weight is 250 g/mol. The van der Waals surface area contributed by atoms with E-state index in [0.717, 1.165) is 24.5 Å². The monoisotopic (exact) mass is 250 g/mol. The van der Waals surface area contributed by atoms with Gasteiger partial charge in [0.25, 0.3) is 0 Å². The Morgan fingerprint density at radius 3 is 2.94 bits per heavy atom. The fourth-order valence-electron chi connectivity index (χ4n) is 1.96. The van der Waals surface area contributed by atoms with Crippen molar-refractivity contribution in [3.8, 4) is 0 Å². The van der Waals surface area contributed by atoms with Crippen LogP contribution in [-0.2, 0) is 4.79 Å². The van der Waals surface area contributed by atoms with Crippen LogP contribution < -0.4 is 5.32 Å². The van der Waals surface area contributed by atoms with Crippen molar-refractivity contribution in [3.05, 3.63) is 30.3 Å². The molecule has 0 unspecified atom stereocenters. The molecule has 1 fully saturated rings. The Balaban J connectivity index is 1.84. The third kappa shape index (κ3) is 3.48. The quantitative estimate of drug-likeness (QED) is 0.827. The maximum atomic E-state index is 12.1. The van der Waals surface area contributed by atoms with E-state index < -0.39 is 0 Å². The Bertz CT molecular complexity index is 369. The first kappa shape index (κ1) is 12.5. The van der Waals surface area contributed by atoms with Crippen molar-refractivity contribution in [3.63, 3.8) is 0 Å². The predicted octanol–water partition coefficient (Wildman–Crippen LogP) is 1.60. The molecule has 1 aromatic carbocycles. The number of rotatable bonds is 3. The molecule has 17 heavy (non-hydrogen) atoms. The fraction of sp³-hybridized carbons (Fsp3) is 0.462. The zero-order valence-corrected chi connectivity index (χ0v) is 10.9. The van der Waals surface area contributed by atoms with Crippen LogP contribution in [0.1, 0.15) is 6.92 Å². The maximum Gasteiger partial charge on any atom is 0.233 e. The van der Waals surface area contributed by atoms with Crippen molar-refractivity contribution in [1.82, 2.24) is 10.2 Å². The summed E-state index contributed by atoms with van der Waals surface area (Å²) in [6, 6.07) is 10.4. The minimum absolute atomic E-state index is 0.243. The Labute approximate surface area is 107 Å². The molecule has 1 amide bonds. The number of nitrogens with zero attached hydrogens (tertiary/aromatic N) is 1. The lowest BCUT2D eigenvalue weighted by atomic mass is 10.2. The molecule has 4 heteroatoms. The molecule has 1 saturated heterocycles. The standard InChI is InChI=1S/C13H18N2OS/c1-11-9-14-7-8-15(11)13(16)10-17-12-5-3-2-4-6-12/h2-6,11,14H,7-10H2,1H3/t11-/m0/s1. The average Bonchev–Trinajstić information content (AvgIpc) is 2.38. The van der Waals surface area contributed by atoms with E-state index in [1.165, 1.54) is 0 Å². The Morgan fingerprint density at radius 1 is 1.47 bits per heavy atom. The molecule has 2 rings (SSSR count). The van der Waals surface area contributed by atoms with Crippen LogP contribution >= 0.6 is 11.8 Å². The van der Waals surface area contributed by atoms with Crippen molar-refractivity contribution in [2.45, 2.75) is 17.9 Å². The van der Waals surface area contributed by atoms with Gasteiger partial charge in [-0.3, -0.25) is 4.79 Å². The highest BCUT2D eigenvalue weighted by atomic mass is 32.2. The first-order valence-electron chi connectivity index (χ1n) is 5.95. The van der Waals surface area contributed by atoms with Crippen LogP contribution in [0.4, 0.5) is 0 Å². The smallest absolute Gasteiger partial charge is 0.233 e. The van der Waals surface area contributed by atoms with Gasteiger partial charge in [-0.25, -0.2) is 0 Å². The number of nitrogens with one attached hydrogen (secondary N) is 1. The van der Waals surface area contributed by atoms with Crippen molar-refractivity contribution >= 4 is 17.7 Å². The van der Waals surface area contributed by atoms with Crippen molar-refractivity contribution in [2.75, 3.05) is 25.4 Å². The molecular formula is C13H18N2OS. The number of hydrogen-bond donors (Lipinski definition) is 1. The largest absolute Gasteiger partial charge is 0.337 e. The zero-order chi connectivity index (χ0) is 12.1. The van der Waals surface area contributed by atoms with Gasteiger partial charge >= 0.3 is 0 Å². The predicted molar refractivity (Wildman–Crippen MR) is 71.2 cm³/mol. The lowest BCUT2D eigenvalue weighted by Gasteiger charge is -2.33. The second-order valence-electron chi connectivity index (χ2n) is 4.24. The van der Waals surface area contributed by atoms with E-state index in [1.807, 2.05) is 35.2 Å². The first-order chi connectivity index (χ1) is 8.27. The van der Waals surface area contributed by atoms with E-state index in [0.29, 0.717) is 11.8 Å². The lowest BCUT2D eigenvalue weighted by molar-refractivity contribution is -0.131. The van der Waals surface area contributed by atoms with E-state index in [4.69, 9.17) is 0 Å². The topological polar surface area (TPSA) is 32.3 Å². The number of carbonyl (C=O) groups excluding carboxylic acids is 1. The molecule has 0 saturated carbocycles. The summed E-state index contributed by atoms with van der Waals surface area (Å²) in [5.74, 6) is 0.779. The molecule has 0 spiro atoms. The highest BCUT2D eigenvalue weighted by Crippen LogP contribution is 2.18. The minimum Gasteiger partial charge on any atom is -0.337 e. The van der Waals surface area contributed by atoms with Gasteiger partial charge in [0.1, 0.15) is 0 Å². The molecule has 92 valence electrons. The maximum absolute atomic E-state index is 12.1. The summed E-state index contributed by atoms with van der Waals surface area (Å²) in [6.07, 6.45) is 0. The second kappa shape index (κ2) is 6.07. The Kier molecular flexibility index (Phi) is 4.45. The van der Waals surface area contributed by atoms with Crippen LogP contribution in [0, 0.1) is 0 Å². The summed E-state index contributed by atoms with van der Waals surface area (Å²) < 4.78 is 0. The number of amides is 1. The lowest BCUT2D eigenvalue weighted by Crippen LogP contribution is -2.52. The molecule has 1 aromatic rings. The van der Waals surface area contributed by atoms with E-state index >= 15 is 0 Å². The highest BCUT2D eigenvalue weighted by Gasteiger charge is 2.22. The summed E-state index contributed by atoms with van der Waals surface area (Å²) in [5.41, 5.74) is 0. The normalized spacial score (nSPS) is 20.3. The van der Waals surface area contributed by atoms with E-state index in [1.54, 1.807) is 11.8 Å². The summed E-state index contributed by atoms with van der Waals surface area (Å²) in [5, 5.41) is 3.29. The van der Waals surface area contributed by atoms with E-state index in [-0.39, 0.29) is 5.91 Å². The summed E-state index contributed by atoms with van der Waals surface area (Å²) in [6.45, 7) is 4.74. The number of thioether (sulfide) groups is 1. The molecular weight excluding hydrogens is 232 g/mol. The van der Waals surface area contributed by atoms with Gasteiger partial charge in [-0.05, 0) is 19.1 Å². The van der Waals surface area contributed by atoms with Crippen molar-refractivity contribution in [2.24, 2.45) is 0 Å². The van der Waals surface area contributed by atoms with E-state index in [9.17, 15) is 4.79 Å². The Hall–Kier alpha value is -1.00. The third-order valence-corrected chi connectivity index (χ3v) is 3.92. The second-order valence-corrected chi connectivity index (χ2v) is 5.29. The van der Waals surface area contributed by atoms with Crippen LogP contribution in [0.5, 0.6) is 0 Å². The molecule has 1 N–H and O–H groups in total. The number of piperazine rings is 1. The van der Waals surface area contributed by atoms with Crippen LogP contribution in [0.25, 0.3) is 0 Å². The molecule has 0 radical (unpaired) electrons. The van der Waals surface area contributed by atoms with Crippen molar-refractivity contribution in [1.29, 1.82) is 0 Å². The number of benzene rings is 1. The van der Waals surface area contributed by atoms with Gasteiger partial charge in [-0.1, -0.05) is 18.2 Å². The van der Waals surface area contributed by atoms with Gasteiger partial charge in [-0.2, -0.15) is 0 Å². The fourth-order valence-corrected chi connectivity index (χ4v) is 2.76. The molecule has 0 aliphatic carbocycles. The zero-order valence-electron chi connectivity index (χ0n) is 10.1. The summed E-state index contributed by atoms with van der Waals surface area (Å²) in [4.78, 5) is 15.2. The highest BCUT2D eigenvalue weighted by molar-refractivity contribution is 8.00. The molecule has 1 heterocycles. The molecule has 0 aromatic heterocycles. The molecule has 1 atom stereocenters. The van der Waals surface area contributed by atoms with Gasteiger partial charge in [0.15, 0.2) is 0 Å². The first-order valence-corrected chi connectivity index (χ1v) is 6.94. The molecule has 1 aliphatic rings. The number of hydrogen-bond acceptors (Lipinski definition) is 3. The summed E-state index contributed by atoms with van der Waals surface area (Å²) >= 11 is 1.61. The van der Waals surface area contributed by atoms with Crippen LogP contribution in [-0.4, -0.2) is 42.2 Å². The van der Waals surface area contributed by atoms with Gasteiger partial charge in [0.05, 0.1) is 5.75 Å².